The Morgan fingerprint density at radius 3 is 2.95 bits per heavy atom. The SMILES string of the molecule is CC(CCc1cccnc1Cl)NCC(O)c1cccs1. The normalized spacial score (nSPS) is 14.2. The first kappa shape index (κ1) is 15.4. The maximum absolute atomic E-state index is 10.0. The molecule has 2 rings (SSSR count). The lowest BCUT2D eigenvalue weighted by Gasteiger charge is -2.16. The van der Waals surface area contributed by atoms with Gasteiger partial charge in [0.15, 0.2) is 0 Å². The van der Waals surface area contributed by atoms with E-state index in [-0.39, 0.29) is 0 Å². The predicted molar refractivity (Wildman–Crippen MR) is 84.3 cm³/mol. The van der Waals surface area contributed by atoms with Gasteiger partial charge in [-0.3, -0.25) is 0 Å². The van der Waals surface area contributed by atoms with Crippen LogP contribution in [0.1, 0.15) is 29.9 Å². The zero-order chi connectivity index (χ0) is 14.4. The molecule has 2 unspecified atom stereocenters. The van der Waals surface area contributed by atoms with Crippen molar-refractivity contribution in [3.05, 3.63) is 51.4 Å². The van der Waals surface area contributed by atoms with Gasteiger partial charge in [-0.25, -0.2) is 4.98 Å². The Bertz CT molecular complexity index is 518. The molecule has 0 amide bonds. The summed E-state index contributed by atoms with van der Waals surface area (Å²) < 4.78 is 0. The molecule has 0 aliphatic rings. The van der Waals surface area contributed by atoms with Crippen LogP contribution < -0.4 is 5.32 Å². The number of hydrogen-bond acceptors (Lipinski definition) is 4. The van der Waals surface area contributed by atoms with Crippen LogP contribution in [0.15, 0.2) is 35.8 Å². The number of aliphatic hydroxyl groups is 1. The van der Waals surface area contributed by atoms with E-state index in [0.717, 1.165) is 23.3 Å². The maximum Gasteiger partial charge on any atom is 0.132 e. The monoisotopic (exact) mass is 310 g/mol. The van der Waals surface area contributed by atoms with Gasteiger partial charge in [-0.1, -0.05) is 23.7 Å². The van der Waals surface area contributed by atoms with Crippen molar-refractivity contribution in [1.29, 1.82) is 0 Å². The number of aliphatic hydroxyl groups excluding tert-OH is 1. The number of aryl methyl sites for hydroxylation is 1. The van der Waals surface area contributed by atoms with Gasteiger partial charge in [0.2, 0.25) is 0 Å². The van der Waals surface area contributed by atoms with Gasteiger partial charge >= 0.3 is 0 Å². The van der Waals surface area contributed by atoms with Crippen molar-refractivity contribution in [2.75, 3.05) is 6.54 Å². The van der Waals surface area contributed by atoms with Gasteiger partial charge in [-0.2, -0.15) is 0 Å². The fourth-order valence-corrected chi connectivity index (χ4v) is 2.90. The van der Waals surface area contributed by atoms with Crippen molar-refractivity contribution >= 4 is 22.9 Å². The van der Waals surface area contributed by atoms with Gasteiger partial charge in [0, 0.05) is 23.7 Å². The van der Waals surface area contributed by atoms with Crippen molar-refractivity contribution in [1.82, 2.24) is 10.3 Å². The van der Waals surface area contributed by atoms with Gasteiger partial charge in [-0.15, -0.1) is 11.3 Å². The number of pyridine rings is 1. The standard InChI is InChI=1S/C15H19ClN2OS/c1-11(6-7-12-4-2-8-17-15(12)16)18-10-13(19)14-5-3-9-20-14/h2-5,8-9,11,13,18-19H,6-7,10H2,1H3. The molecule has 5 heteroatoms. The second-order valence-corrected chi connectivity index (χ2v) is 6.17. The minimum Gasteiger partial charge on any atom is -0.386 e. The first-order chi connectivity index (χ1) is 9.66. The Balaban J connectivity index is 1.73. The summed E-state index contributed by atoms with van der Waals surface area (Å²) in [5.41, 5.74) is 1.07. The van der Waals surface area contributed by atoms with E-state index in [9.17, 15) is 5.11 Å². The Labute approximate surface area is 128 Å². The topological polar surface area (TPSA) is 45.2 Å². The lowest BCUT2D eigenvalue weighted by molar-refractivity contribution is 0.173. The van der Waals surface area contributed by atoms with Crippen LogP contribution in [0.3, 0.4) is 0 Å². The highest BCUT2D eigenvalue weighted by Crippen LogP contribution is 2.18. The zero-order valence-corrected chi connectivity index (χ0v) is 13.0. The predicted octanol–water partition coefficient (Wildman–Crippen LogP) is 3.44. The Kier molecular flexibility index (Phi) is 5.98. The number of aromatic nitrogens is 1. The van der Waals surface area contributed by atoms with Crippen LogP contribution in [0.2, 0.25) is 5.15 Å². The summed E-state index contributed by atoms with van der Waals surface area (Å²) in [7, 11) is 0. The zero-order valence-electron chi connectivity index (χ0n) is 11.4. The molecule has 0 bridgehead atoms. The molecule has 108 valence electrons. The molecule has 2 atom stereocenters. The smallest absolute Gasteiger partial charge is 0.132 e. The Hall–Kier alpha value is -0.940. The van der Waals surface area contributed by atoms with Crippen LogP contribution in [-0.4, -0.2) is 22.7 Å². The average Bonchev–Trinajstić information content (AvgIpc) is 2.98. The van der Waals surface area contributed by atoms with Gasteiger partial charge in [0.05, 0.1) is 0 Å². The summed E-state index contributed by atoms with van der Waals surface area (Å²) in [5.74, 6) is 0. The van der Waals surface area contributed by atoms with E-state index in [1.54, 1.807) is 17.5 Å². The van der Waals surface area contributed by atoms with Gasteiger partial charge in [0.1, 0.15) is 11.3 Å². The fraction of sp³-hybridized carbons (Fsp3) is 0.400. The summed E-state index contributed by atoms with van der Waals surface area (Å²) in [6.07, 6.45) is 3.11. The molecular weight excluding hydrogens is 292 g/mol. The van der Waals surface area contributed by atoms with Crippen molar-refractivity contribution in [2.24, 2.45) is 0 Å². The number of thiophene rings is 1. The molecule has 0 aromatic carbocycles. The minimum absolute atomic E-state index is 0.320. The molecule has 3 nitrogen and oxygen atoms in total. The molecule has 0 saturated heterocycles. The Morgan fingerprint density at radius 1 is 1.40 bits per heavy atom. The van der Waals surface area contributed by atoms with Crippen molar-refractivity contribution in [3.63, 3.8) is 0 Å². The van der Waals surface area contributed by atoms with Crippen LogP contribution in [0, 0.1) is 0 Å². The van der Waals surface area contributed by atoms with E-state index < -0.39 is 6.10 Å². The molecule has 2 heterocycles. The van der Waals surface area contributed by atoms with E-state index in [1.165, 1.54) is 0 Å². The number of hydrogen-bond donors (Lipinski definition) is 2. The number of nitrogens with one attached hydrogen (secondary N) is 1. The average molecular weight is 311 g/mol. The summed E-state index contributed by atoms with van der Waals surface area (Å²) in [4.78, 5) is 5.07. The first-order valence-corrected chi connectivity index (χ1v) is 7.97. The largest absolute Gasteiger partial charge is 0.386 e. The molecule has 0 radical (unpaired) electrons. The van der Waals surface area contributed by atoms with E-state index in [4.69, 9.17) is 11.6 Å². The van der Waals surface area contributed by atoms with Gasteiger partial charge in [-0.05, 0) is 42.8 Å². The van der Waals surface area contributed by atoms with Gasteiger partial charge < -0.3 is 10.4 Å². The summed E-state index contributed by atoms with van der Waals surface area (Å²) in [6, 6.07) is 8.14. The van der Waals surface area contributed by atoms with Crippen molar-refractivity contribution in [3.8, 4) is 0 Å². The molecule has 0 spiro atoms. The molecule has 2 aromatic rings. The van der Waals surface area contributed by atoms with Crippen molar-refractivity contribution in [2.45, 2.75) is 31.9 Å². The molecule has 2 aromatic heterocycles. The van der Waals surface area contributed by atoms with E-state index in [1.807, 2.05) is 29.6 Å². The lowest BCUT2D eigenvalue weighted by Crippen LogP contribution is -2.30. The third-order valence-electron chi connectivity index (χ3n) is 3.21. The maximum atomic E-state index is 10.0. The van der Waals surface area contributed by atoms with Crippen LogP contribution in [0.25, 0.3) is 0 Å². The summed E-state index contributed by atoms with van der Waals surface area (Å²) in [6.45, 7) is 2.69. The summed E-state index contributed by atoms with van der Waals surface area (Å²) >= 11 is 7.61. The third kappa shape index (κ3) is 4.56. The summed E-state index contributed by atoms with van der Waals surface area (Å²) in [5, 5.41) is 15.9. The van der Waals surface area contributed by atoms with E-state index in [2.05, 4.69) is 17.2 Å². The minimum atomic E-state index is -0.431. The number of rotatable bonds is 7. The van der Waals surface area contributed by atoms with Gasteiger partial charge in [0.25, 0.3) is 0 Å². The first-order valence-electron chi connectivity index (χ1n) is 6.71. The fourth-order valence-electron chi connectivity index (χ4n) is 1.97. The van der Waals surface area contributed by atoms with Crippen LogP contribution >= 0.6 is 22.9 Å². The molecule has 0 aliphatic heterocycles. The van der Waals surface area contributed by atoms with Crippen LogP contribution in [0.4, 0.5) is 0 Å². The highest BCUT2D eigenvalue weighted by molar-refractivity contribution is 7.10. The third-order valence-corrected chi connectivity index (χ3v) is 4.53. The molecule has 0 fully saturated rings. The molecular formula is C15H19ClN2OS. The second kappa shape index (κ2) is 7.74. The molecule has 20 heavy (non-hydrogen) atoms. The van der Waals surface area contributed by atoms with E-state index in [0.29, 0.717) is 17.7 Å². The van der Waals surface area contributed by atoms with E-state index >= 15 is 0 Å². The Morgan fingerprint density at radius 2 is 2.25 bits per heavy atom. The van der Waals surface area contributed by atoms with Crippen LogP contribution in [0.5, 0.6) is 0 Å². The quantitative estimate of drug-likeness (QED) is 0.770. The highest BCUT2D eigenvalue weighted by atomic mass is 35.5. The highest BCUT2D eigenvalue weighted by Gasteiger charge is 2.10. The molecule has 0 aliphatic carbocycles. The lowest BCUT2D eigenvalue weighted by atomic mass is 10.1. The second-order valence-electron chi connectivity index (χ2n) is 4.83. The molecule has 0 saturated carbocycles. The van der Waals surface area contributed by atoms with Crippen LogP contribution in [-0.2, 0) is 6.42 Å². The molecule has 2 N–H and O–H groups in total. The number of nitrogens with zero attached hydrogens (tertiary/aromatic N) is 1. The number of halogens is 1. The van der Waals surface area contributed by atoms with Crippen molar-refractivity contribution < 1.29 is 5.11 Å².